The largest absolute Gasteiger partial charge is 0.394 e. The van der Waals surface area contributed by atoms with E-state index in [1.165, 1.54) is 10.8 Å². The molecule has 3 aromatic rings. The molecule has 0 bridgehead atoms. The lowest BCUT2D eigenvalue weighted by atomic mass is 10.0. The van der Waals surface area contributed by atoms with Gasteiger partial charge < -0.3 is 10.3 Å². The van der Waals surface area contributed by atoms with Crippen molar-refractivity contribution in [2.45, 2.75) is 6.92 Å². The van der Waals surface area contributed by atoms with Crippen LogP contribution in [0.2, 0.25) is 0 Å². The lowest BCUT2D eigenvalue weighted by Crippen LogP contribution is -1.87. The third-order valence-corrected chi connectivity index (χ3v) is 3.18. The van der Waals surface area contributed by atoms with E-state index in [4.69, 9.17) is 10.3 Å². The van der Waals surface area contributed by atoms with Gasteiger partial charge in [-0.2, -0.15) is 0 Å². The van der Waals surface area contributed by atoms with Crippen molar-refractivity contribution >= 4 is 28.6 Å². The smallest absolute Gasteiger partial charge is 0.157 e. The molecule has 2 aromatic carbocycles. The van der Waals surface area contributed by atoms with Gasteiger partial charge in [-0.15, -0.1) is 0 Å². The van der Waals surface area contributed by atoms with Gasteiger partial charge in [-0.1, -0.05) is 53.7 Å². The van der Waals surface area contributed by atoms with Crippen LogP contribution in [0.1, 0.15) is 17.0 Å². The quantitative estimate of drug-likeness (QED) is 0.750. The zero-order valence-corrected chi connectivity index (χ0v) is 10.6. The predicted molar refractivity (Wildman–Crippen MR) is 78.5 cm³/mol. The van der Waals surface area contributed by atoms with Crippen molar-refractivity contribution in [1.29, 1.82) is 0 Å². The van der Waals surface area contributed by atoms with E-state index < -0.39 is 0 Å². The van der Waals surface area contributed by atoms with Crippen LogP contribution in [0.3, 0.4) is 0 Å². The molecule has 94 valence electrons. The second-order valence-electron chi connectivity index (χ2n) is 4.44. The molecule has 0 saturated heterocycles. The zero-order valence-electron chi connectivity index (χ0n) is 10.6. The van der Waals surface area contributed by atoms with Gasteiger partial charge in [-0.3, -0.25) is 0 Å². The second-order valence-corrected chi connectivity index (χ2v) is 4.44. The SMILES string of the molecule is Cc1onc(C=Cc2cccc3ccccc23)c1N. The van der Waals surface area contributed by atoms with E-state index >= 15 is 0 Å². The predicted octanol–water partition coefficient (Wildman–Crippen LogP) is 3.89. The lowest BCUT2D eigenvalue weighted by molar-refractivity contribution is 0.397. The summed E-state index contributed by atoms with van der Waals surface area (Å²) in [5, 5.41) is 6.35. The highest BCUT2D eigenvalue weighted by Crippen LogP contribution is 2.22. The van der Waals surface area contributed by atoms with E-state index in [0.29, 0.717) is 17.1 Å². The van der Waals surface area contributed by atoms with Crippen LogP contribution < -0.4 is 5.73 Å². The number of aryl methyl sites for hydroxylation is 1. The molecular weight excluding hydrogens is 236 g/mol. The lowest BCUT2D eigenvalue weighted by Gasteiger charge is -2.01. The van der Waals surface area contributed by atoms with Crippen LogP contribution in [0.25, 0.3) is 22.9 Å². The fraction of sp³-hybridized carbons (Fsp3) is 0.0625. The molecule has 2 N–H and O–H groups in total. The van der Waals surface area contributed by atoms with Gasteiger partial charge in [0.25, 0.3) is 0 Å². The van der Waals surface area contributed by atoms with Gasteiger partial charge in [-0.25, -0.2) is 0 Å². The minimum absolute atomic E-state index is 0.594. The van der Waals surface area contributed by atoms with E-state index in [0.717, 1.165) is 5.56 Å². The summed E-state index contributed by atoms with van der Waals surface area (Å²) in [6.07, 6.45) is 3.89. The Morgan fingerprint density at radius 2 is 1.84 bits per heavy atom. The van der Waals surface area contributed by atoms with Crippen LogP contribution in [0.5, 0.6) is 0 Å². The van der Waals surface area contributed by atoms with Crippen molar-refractivity contribution in [2.24, 2.45) is 0 Å². The minimum atomic E-state index is 0.594. The van der Waals surface area contributed by atoms with Crippen molar-refractivity contribution in [2.75, 3.05) is 5.73 Å². The van der Waals surface area contributed by atoms with Crippen LogP contribution >= 0.6 is 0 Å². The van der Waals surface area contributed by atoms with Gasteiger partial charge in [0, 0.05) is 0 Å². The maximum Gasteiger partial charge on any atom is 0.157 e. The van der Waals surface area contributed by atoms with Crippen LogP contribution in [0, 0.1) is 6.92 Å². The van der Waals surface area contributed by atoms with E-state index in [1.54, 1.807) is 6.92 Å². The Balaban J connectivity index is 2.04. The van der Waals surface area contributed by atoms with Gasteiger partial charge in [0.1, 0.15) is 11.4 Å². The van der Waals surface area contributed by atoms with Crippen LogP contribution in [-0.2, 0) is 0 Å². The summed E-state index contributed by atoms with van der Waals surface area (Å²) >= 11 is 0. The Bertz CT molecular complexity index is 751. The standard InChI is InChI=1S/C16H14N2O/c1-11-16(17)15(18-19-11)10-9-13-7-4-6-12-5-2-3-8-14(12)13/h2-10H,17H2,1H3. The third kappa shape index (κ3) is 2.10. The van der Waals surface area contributed by atoms with Crippen molar-refractivity contribution < 1.29 is 4.52 Å². The number of nitrogens with two attached hydrogens (primary N) is 1. The Morgan fingerprint density at radius 3 is 2.63 bits per heavy atom. The molecule has 0 unspecified atom stereocenters. The number of nitrogen functional groups attached to an aromatic ring is 1. The third-order valence-electron chi connectivity index (χ3n) is 3.18. The van der Waals surface area contributed by atoms with Gasteiger partial charge in [-0.05, 0) is 29.3 Å². The topological polar surface area (TPSA) is 52.0 Å². The molecule has 0 amide bonds. The minimum Gasteiger partial charge on any atom is -0.394 e. The number of benzene rings is 2. The number of nitrogens with zero attached hydrogens (tertiary/aromatic N) is 1. The molecule has 3 rings (SSSR count). The monoisotopic (exact) mass is 250 g/mol. The molecule has 0 spiro atoms. The van der Waals surface area contributed by atoms with Crippen LogP contribution in [-0.4, -0.2) is 5.16 Å². The van der Waals surface area contributed by atoms with Crippen molar-refractivity contribution in [3.05, 3.63) is 59.5 Å². The fourth-order valence-electron chi connectivity index (χ4n) is 2.08. The summed E-state index contributed by atoms with van der Waals surface area (Å²) in [6, 6.07) is 14.5. The maximum atomic E-state index is 5.87. The first kappa shape index (κ1) is 11.5. The summed E-state index contributed by atoms with van der Waals surface area (Å²) in [4.78, 5) is 0. The first-order valence-corrected chi connectivity index (χ1v) is 6.13. The van der Waals surface area contributed by atoms with Gasteiger partial charge >= 0.3 is 0 Å². The van der Waals surface area contributed by atoms with E-state index in [1.807, 2.05) is 30.4 Å². The first-order valence-electron chi connectivity index (χ1n) is 6.13. The van der Waals surface area contributed by atoms with E-state index in [2.05, 4.69) is 29.4 Å². The Morgan fingerprint density at radius 1 is 1.05 bits per heavy atom. The van der Waals surface area contributed by atoms with E-state index in [9.17, 15) is 0 Å². The summed E-state index contributed by atoms with van der Waals surface area (Å²) in [6.45, 7) is 1.80. The molecule has 0 fully saturated rings. The normalized spacial score (nSPS) is 11.4. The molecule has 0 aliphatic heterocycles. The molecule has 19 heavy (non-hydrogen) atoms. The van der Waals surface area contributed by atoms with Crippen molar-refractivity contribution in [1.82, 2.24) is 5.16 Å². The van der Waals surface area contributed by atoms with E-state index in [-0.39, 0.29) is 0 Å². The molecule has 3 heteroatoms. The highest BCUT2D eigenvalue weighted by molar-refractivity contribution is 5.93. The molecule has 3 nitrogen and oxygen atoms in total. The summed E-state index contributed by atoms with van der Waals surface area (Å²) in [7, 11) is 0. The average Bonchev–Trinajstić information content (AvgIpc) is 2.76. The number of anilines is 1. The number of hydrogen-bond donors (Lipinski definition) is 1. The molecular formula is C16H14N2O. The van der Waals surface area contributed by atoms with Crippen LogP contribution in [0.15, 0.2) is 47.0 Å². The highest BCUT2D eigenvalue weighted by Gasteiger charge is 2.05. The Kier molecular flexibility index (Phi) is 2.80. The molecule has 0 radical (unpaired) electrons. The highest BCUT2D eigenvalue weighted by atomic mass is 16.5. The molecule has 0 aliphatic rings. The Labute approximate surface area is 111 Å². The number of aromatic nitrogens is 1. The molecule has 0 atom stereocenters. The summed E-state index contributed by atoms with van der Waals surface area (Å²) in [5.41, 5.74) is 8.27. The second kappa shape index (κ2) is 4.61. The van der Waals surface area contributed by atoms with Crippen molar-refractivity contribution in [3.8, 4) is 0 Å². The molecule has 0 saturated carbocycles. The van der Waals surface area contributed by atoms with Gasteiger partial charge in [0.15, 0.2) is 5.76 Å². The average molecular weight is 250 g/mol. The maximum absolute atomic E-state index is 5.87. The van der Waals surface area contributed by atoms with Crippen LogP contribution in [0.4, 0.5) is 5.69 Å². The van der Waals surface area contributed by atoms with Gasteiger partial charge in [0.05, 0.1) is 0 Å². The van der Waals surface area contributed by atoms with Gasteiger partial charge in [0.2, 0.25) is 0 Å². The summed E-state index contributed by atoms with van der Waals surface area (Å²) in [5.74, 6) is 0.651. The number of rotatable bonds is 2. The first-order chi connectivity index (χ1) is 9.25. The zero-order chi connectivity index (χ0) is 13.2. The molecule has 1 heterocycles. The summed E-state index contributed by atoms with van der Waals surface area (Å²) < 4.78 is 5.04. The Hall–Kier alpha value is -2.55. The number of fused-ring (bicyclic) bond motifs is 1. The molecule has 1 aromatic heterocycles. The van der Waals surface area contributed by atoms with Crippen molar-refractivity contribution in [3.63, 3.8) is 0 Å². The number of hydrogen-bond acceptors (Lipinski definition) is 3. The molecule has 0 aliphatic carbocycles. The fourth-order valence-corrected chi connectivity index (χ4v) is 2.08.